The Balaban J connectivity index is 1.63. The fourth-order valence-corrected chi connectivity index (χ4v) is 3.94. The van der Waals surface area contributed by atoms with Crippen LogP contribution < -0.4 is 4.90 Å². The fraction of sp³-hybridized carbons (Fsp3) is 0.0909. The van der Waals surface area contributed by atoms with Gasteiger partial charge in [-0.2, -0.15) is 0 Å². The molecule has 2 aromatic carbocycles. The minimum Gasteiger partial charge on any atom is -0.457 e. The number of aryl methyl sites for hydroxylation is 2. The smallest absolute Gasteiger partial charge is 0.298 e. The number of hydrogen-bond acceptors (Lipinski definition) is 6. The molecule has 30 heavy (non-hydrogen) atoms. The quantitative estimate of drug-likeness (QED) is 0.305. The van der Waals surface area contributed by atoms with Crippen LogP contribution in [0.15, 0.2) is 63.9 Å². The number of thioether (sulfide) groups is 1. The Morgan fingerprint density at radius 2 is 1.87 bits per heavy atom. The van der Waals surface area contributed by atoms with Crippen molar-refractivity contribution in [1.29, 1.82) is 0 Å². The summed E-state index contributed by atoms with van der Waals surface area (Å²) in [6, 6.07) is 15.0. The number of rotatable bonds is 4. The minimum absolute atomic E-state index is 0.0416. The first-order valence-corrected chi connectivity index (χ1v) is 9.85. The zero-order chi connectivity index (χ0) is 21.4. The Hall–Kier alpha value is -3.65. The van der Waals surface area contributed by atoms with Crippen molar-refractivity contribution in [3.8, 4) is 11.3 Å². The first-order chi connectivity index (χ1) is 14.3. The summed E-state index contributed by atoms with van der Waals surface area (Å²) in [5.74, 6) is 0.397. The van der Waals surface area contributed by atoms with E-state index >= 15 is 0 Å². The largest absolute Gasteiger partial charge is 0.457 e. The lowest BCUT2D eigenvalue weighted by Crippen LogP contribution is -2.28. The number of hydrogen-bond donors (Lipinski definition) is 0. The van der Waals surface area contributed by atoms with E-state index in [4.69, 9.17) is 4.42 Å². The molecular weight excluding hydrogens is 404 g/mol. The summed E-state index contributed by atoms with van der Waals surface area (Å²) in [5.41, 5.74) is 2.85. The van der Waals surface area contributed by atoms with Crippen LogP contribution in [0.1, 0.15) is 16.9 Å². The number of non-ortho nitro benzene ring substituents is 1. The summed E-state index contributed by atoms with van der Waals surface area (Å²) >= 11 is 0.847. The zero-order valence-corrected chi connectivity index (χ0v) is 16.9. The third-order valence-electron chi connectivity index (χ3n) is 4.64. The molecule has 0 spiro atoms. The Labute approximate surface area is 176 Å². The van der Waals surface area contributed by atoms with Crippen LogP contribution >= 0.6 is 11.8 Å². The predicted octanol–water partition coefficient (Wildman–Crippen LogP) is 5.71. The lowest BCUT2D eigenvalue weighted by atomic mass is 10.1. The van der Waals surface area contributed by atoms with Crippen molar-refractivity contribution in [2.75, 3.05) is 4.90 Å². The average Bonchev–Trinajstić information content (AvgIpc) is 3.29. The molecule has 2 amide bonds. The van der Waals surface area contributed by atoms with E-state index in [0.29, 0.717) is 22.8 Å². The Kier molecular flexibility index (Phi) is 5.01. The summed E-state index contributed by atoms with van der Waals surface area (Å²) in [7, 11) is 0. The van der Waals surface area contributed by atoms with E-state index in [-0.39, 0.29) is 15.8 Å². The summed E-state index contributed by atoms with van der Waals surface area (Å²) in [5, 5.41) is 10.6. The third-order valence-corrected chi connectivity index (χ3v) is 5.51. The molecule has 0 saturated carbocycles. The van der Waals surface area contributed by atoms with Gasteiger partial charge in [-0.1, -0.05) is 24.3 Å². The van der Waals surface area contributed by atoms with Crippen LogP contribution in [-0.2, 0) is 4.79 Å². The molecule has 3 aromatic rings. The molecule has 0 bridgehead atoms. The van der Waals surface area contributed by atoms with Crippen LogP contribution in [0.2, 0.25) is 0 Å². The number of imide groups is 1. The topological polar surface area (TPSA) is 93.7 Å². The standard InChI is InChI=1S/C22H16N2O5S/c1-13-6-7-14(2)18(10-13)23-21(25)20(30-22(23)26)12-17-8-9-19(29-17)15-4-3-5-16(11-15)24(27)28/h3-12H,1-2H3/b20-12+. The molecule has 8 heteroatoms. The van der Waals surface area contributed by atoms with Crippen molar-refractivity contribution in [1.82, 2.24) is 0 Å². The number of nitro benzene ring substituents is 1. The van der Waals surface area contributed by atoms with Gasteiger partial charge in [0.1, 0.15) is 11.5 Å². The van der Waals surface area contributed by atoms with Crippen LogP contribution in [0.4, 0.5) is 16.2 Å². The molecule has 1 aliphatic rings. The van der Waals surface area contributed by atoms with E-state index in [1.807, 2.05) is 32.0 Å². The van der Waals surface area contributed by atoms with Crippen molar-refractivity contribution in [3.63, 3.8) is 0 Å². The van der Waals surface area contributed by atoms with Gasteiger partial charge < -0.3 is 4.42 Å². The molecule has 1 aliphatic heterocycles. The maximum Gasteiger partial charge on any atom is 0.298 e. The molecule has 1 fully saturated rings. The minimum atomic E-state index is -0.476. The predicted molar refractivity (Wildman–Crippen MR) is 115 cm³/mol. The van der Waals surface area contributed by atoms with Gasteiger partial charge in [0, 0.05) is 23.8 Å². The number of nitrogens with zero attached hydrogens (tertiary/aromatic N) is 2. The van der Waals surface area contributed by atoms with Gasteiger partial charge >= 0.3 is 0 Å². The van der Waals surface area contributed by atoms with Crippen LogP contribution in [-0.4, -0.2) is 16.1 Å². The van der Waals surface area contributed by atoms with Crippen molar-refractivity contribution in [3.05, 3.63) is 86.5 Å². The molecule has 2 heterocycles. The van der Waals surface area contributed by atoms with Crippen LogP contribution in [0, 0.1) is 24.0 Å². The number of amides is 2. The van der Waals surface area contributed by atoms with E-state index in [2.05, 4.69) is 0 Å². The number of carbonyl (C=O) groups excluding carboxylic acids is 2. The highest BCUT2D eigenvalue weighted by molar-refractivity contribution is 8.19. The van der Waals surface area contributed by atoms with Gasteiger partial charge in [0.15, 0.2) is 0 Å². The highest BCUT2D eigenvalue weighted by atomic mass is 32.2. The van der Waals surface area contributed by atoms with E-state index in [1.165, 1.54) is 23.1 Å². The van der Waals surface area contributed by atoms with Gasteiger partial charge in [-0.15, -0.1) is 0 Å². The van der Waals surface area contributed by atoms with Gasteiger partial charge in [0.2, 0.25) is 0 Å². The lowest BCUT2D eigenvalue weighted by Gasteiger charge is -2.15. The van der Waals surface area contributed by atoms with Crippen LogP contribution in [0.5, 0.6) is 0 Å². The molecule has 150 valence electrons. The average molecular weight is 420 g/mol. The van der Waals surface area contributed by atoms with Gasteiger partial charge in [0.05, 0.1) is 15.5 Å². The normalized spacial score (nSPS) is 15.3. The van der Waals surface area contributed by atoms with Crippen molar-refractivity contribution >= 4 is 40.4 Å². The summed E-state index contributed by atoms with van der Waals surface area (Å²) in [6.07, 6.45) is 1.51. The maximum absolute atomic E-state index is 12.9. The van der Waals surface area contributed by atoms with Gasteiger partial charge in [0.25, 0.3) is 16.8 Å². The second-order valence-electron chi connectivity index (χ2n) is 6.82. The summed E-state index contributed by atoms with van der Waals surface area (Å²) < 4.78 is 5.74. The molecule has 0 atom stereocenters. The van der Waals surface area contributed by atoms with E-state index in [9.17, 15) is 19.7 Å². The van der Waals surface area contributed by atoms with Crippen LogP contribution in [0.3, 0.4) is 0 Å². The molecule has 1 saturated heterocycles. The first-order valence-electron chi connectivity index (χ1n) is 9.03. The monoisotopic (exact) mass is 420 g/mol. The summed E-state index contributed by atoms with van der Waals surface area (Å²) in [4.78, 5) is 37.3. The molecule has 1 aromatic heterocycles. The maximum atomic E-state index is 12.9. The Bertz CT molecular complexity index is 1230. The van der Waals surface area contributed by atoms with E-state index in [1.54, 1.807) is 24.3 Å². The lowest BCUT2D eigenvalue weighted by molar-refractivity contribution is -0.384. The third kappa shape index (κ3) is 3.65. The molecule has 0 N–H and O–H groups in total. The fourth-order valence-electron chi connectivity index (χ4n) is 3.12. The first kappa shape index (κ1) is 19.7. The number of furan rings is 1. The van der Waals surface area contributed by atoms with Gasteiger partial charge in [-0.3, -0.25) is 19.7 Å². The van der Waals surface area contributed by atoms with Crippen molar-refractivity contribution in [2.45, 2.75) is 13.8 Å². The van der Waals surface area contributed by atoms with Gasteiger partial charge in [-0.25, -0.2) is 4.90 Å². The van der Waals surface area contributed by atoms with Crippen LogP contribution in [0.25, 0.3) is 17.4 Å². The number of anilines is 1. The molecule has 0 radical (unpaired) electrons. The number of carbonyl (C=O) groups is 2. The van der Waals surface area contributed by atoms with E-state index in [0.717, 1.165) is 22.9 Å². The Morgan fingerprint density at radius 3 is 2.63 bits per heavy atom. The molecule has 0 aliphatic carbocycles. The second kappa shape index (κ2) is 7.64. The number of benzene rings is 2. The van der Waals surface area contributed by atoms with Gasteiger partial charge in [-0.05, 0) is 54.9 Å². The van der Waals surface area contributed by atoms with Crippen molar-refractivity contribution in [2.24, 2.45) is 0 Å². The second-order valence-corrected chi connectivity index (χ2v) is 7.81. The van der Waals surface area contributed by atoms with E-state index < -0.39 is 10.8 Å². The SMILES string of the molecule is Cc1ccc(C)c(N2C(=O)S/C(=C/c3ccc(-c4cccc([N+](=O)[O-])c4)o3)C2=O)c1. The zero-order valence-electron chi connectivity index (χ0n) is 16.1. The number of nitro groups is 1. The molecule has 7 nitrogen and oxygen atoms in total. The molecule has 0 unspecified atom stereocenters. The summed E-state index contributed by atoms with van der Waals surface area (Å²) in [6.45, 7) is 3.75. The molecular formula is C22H16N2O5S. The highest BCUT2D eigenvalue weighted by Gasteiger charge is 2.37. The van der Waals surface area contributed by atoms with Crippen molar-refractivity contribution < 1.29 is 18.9 Å². The highest BCUT2D eigenvalue weighted by Crippen LogP contribution is 2.38. The molecule has 4 rings (SSSR count). The Morgan fingerprint density at radius 1 is 1.07 bits per heavy atom.